The van der Waals surface area contributed by atoms with Crippen molar-refractivity contribution in [1.82, 2.24) is 9.66 Å². The first kappa shape index (κ1) is 24.9. The summed E-state index contributed by atoms with van der Waals surface area (Å²) in [4.78, 5) is 31.7. The number of hydrogen-bond acceptors (Lipinski definition) is 6. The van der Waals surface area contributed by atoms with E-state index in [1.807, 2.05) is 37.2 Å². The maximum absolute atomic E-state index is 13.5. The predicted octanol–water partition coefficient (Wildman–Crippen LogP) is 5.01. The molecule has 0 bridgehead atoms. The van der Waals surface area contributed by atoms with Gasteiger partial charge in [-0.3, -0.25) is 4.79 Å². The highest BCUT2D eigenvalue weighted by Crippen LogP contribution is 2.32. The third-order valence-electron chi connectivity index (χ3n) is 6.28. The van der Waals surface area contributed by atoms with Gasteiger partial charge in [-0.1, -0.05) is 35.2 Å². The molecule has 1 saturated carbocycles. The van der Waals surface area contributed by atoms with Crippen LogP contribution in [-0.2, 0) is 4.79 Å². The van der Waals surface area contributed by atoms with Crippen molar-refractivity contribution in [2.75, 3.05) is 19.0 Å². The molecule has 3 aromatic rings. The van der Waals surface area contributed by atoms with Crippen LogP contribution in [0.2, 0.25) is 0 Å². The molecule has 35 heavy (non-hydrogen) atoms. The second-order valence-corrected chi connectivity index (χ2v) is 9.96. The van der Waals surface area contributed by atoms with Gasteiger partial charge in [-0.15, -0.1) is 0 Å². The molecule has 0 aliphatic heterocycles. The van der Waals surface area contributed by atoms with E-state index in [1.54, 1.807) is 24.4 Å². The van der Waals surface area contributed by atoms with Gasteiger partial charge in [-0.2, -0.15) is 9.78 Å². The van der Waals surface area contributed by atoms with Gasteiger partial charge < -0.3 is 14.7 Å². The van der Waals surface area contributed by atoms with E-state index in [4.69, 9.17) is 9.72 Å². The van der Waals surface area contributed by atoms with Crippen molar-refractivity contribution in [2.45, 2.75) is 51.0 Å². The van der Waals surface area contributed by atoms with E-state index >= 15 is 0 Å². The Morgan fingerprint density at radius 1 is 1.23 bits per heavy atom. The molecule has 4 rings (SSSR count). The molecule has 0 spiro atoms. The van der Waals surface area contributed by atoms with Gasteiger partial charge in [-0.25, -0.2) is 9.78 Å². The Morgan fingerprint density at radius 2 is 1.97 bits per heavy atom. The molecule has 8 nitrogen and oxygen atoms in total. The molecule has 184 valence electrons. The number of carbonyl (C=O) groups is 1. The molecule has 1 aromatic heterocycles. The molecule has 0 radical (unpaired) electrons. The lowest BCUT2D eigenvalue weighted by Gasteiger charge is -2.23. The third kappa shape index (κ3) is 5.56. The fourth-order valence-corrected chi connectivity index (χ4v) is 4.63. The second-order valence-electron chi connectivity index (χ2n) is 9.04. The number of aliphatic carboxylic acids is 1. The van der Waals surface area contributed by atoms with Gasteiger partial charge >= 0.3 is 5.97 Å². The van der Waals surface area contributed by atoms with E-state index in [1.165, 1.54) is 18.0 Å². The Labute approximate surface area is 212 Å². The zero-order chi connectivity index (χ0) is 25.1. The smallest absolute Gasteiger partial charge is 0.344 e. The Balaban J connectivity index is 1.83. The maximum Gasteiger partial charge on any atom is 0.344 e. The minimum absolute atomic E-state index is 0.153. The summed E-state index contributed by atoms with van der Waals surface area (Å²) < 4.78 is 7.91. The molecule has 0 unspecified atom stereocenters. The lowest BCUT2D eigenvalue weighted by Crippen LogP contribution is -2.25. The number of ether oxygens (including phenoxy) is 1. The number of fused-ring (bicyclic) bond motifs is 1. The molecule has 0 amide bonds. The fraction of sp³-hybridized carbons (Fsp3) is 0.385. The number of hydrogen-bond donors (Lipinski definition) is 1. The highest BCUT2D eigenvalue weighted by Gasteiger charge is 2.23. The molecule has 1 N–H and O–H groups in total. The SMILES string of the molecule is C[C@@H](Oc1cc(N(C)C)ccc1C=Nn1c(C2CCCCC2)nc2ccc(Br)cc2c1=O)C(=O)O. The number of carboxylic acids is 1. The molecule has 2 aromatic carbocycles. The molecule has 1 fully saturated rings. The number of rotatable bonds is 7. The van der Waals surface area contributed by atoms with E-state index in [2.05, 4.69) is 21.0 Å². The summed E-state index contributed by atoms with van der Waals surface area (Å²) in [5.74, 6) is 0.120. The number of anilines is 1. The minimum Gasteiger partial charge on any atom is -0.479 e. The minimum atomic E-state index is -1.07. The van der Waals surface area contributed by atoms with Gasteiger partial charge in [0.15, 0.2) is 6.10 Å². The van der Waals surface area contributed by atoms with Crippen LogP contribution in [0.5, 0.6) is 5.75 Å². The summed E-state index contributed by atoms with van der Waals surface area (Å²) in [5, 5.41) is 14.4. The standard InChI is InChI=1S/C26H29BrN4O4/c1-16(26(33)34)35-23-14-20(30(2)3)11-9-18(23)15-28-31-24(17-7-5-4-6-8-17)29-22-12-10-19(27)13-21(22)25(31)32/h9-17H,4-8H2,1-3H3,(H,33,34)/t16-/m1/s1. The topological polar surface area (TPSA) is 97.0 Å². The van der Waals surface area contributed by atoms with Gasteiger partial charge in [0, 0.05) is 41.8 Å². The zero-order valence-electron chi connectivity index (χ0n) is 20.1. The quantitative estimate of drug-likeness (QED) is 0.423. The van der Waals surface area contributed by atoms with Crippen molar-refractivity contribution in [3.05, 3.63) is 62.6 Å². The predicted molar refractivity (Wildman–Crippen MR) is 141 cm³/mol. The molecule has 1 aliphatic carbocycles. The lowest BCUT2D eigenvalue weighted by molar-refractivity contribution is -0.144. The molecular weight excluding hydrogens is 512 g/mol. The molecule has 0 saturated heterocycles. The Hall–Kier alpha value is -3.20. The number of halogens is 1. The first-order valence-electron chi connectivity index (χ1n) is 11.7. The number of nitrogens with zero attached hydrogens (tertiary/aromatic N) is 4. The van der Waals surface area contributed by atoms with Crippen molar-refractivity contribution >= 4 is 44.7 Å². The largest absolute Gasteiger partial charge is 0.479 e. The summed E-state index contributed by atoms with van der Waals surface area (Å²) in [7, 11) is 3.78. The van der Waals surface area contributed by atoms with Crippen LogP contribution in [0, 0.1) is 0 Å². The van der Waals surface area contributed by atoms with Crippen LogP contribution in [0.3, 0.4) is 0 Å². The molecule has 1 heterocycles. The molecule has 9 heteroatoms. The first-order chi connectivity index (χ1) is 16.7. The second kappa shape index (κ2) is 10.6. The van der Waals surface area contributed by atoms with Gasteiger partial charge in [0.25, 0.3) is 5.56 Å². The summed E-state index contributed by atoms with van der Waals surface area (Å²) in [6.45, 7) is 1.47. The average molecular weight is 541 g/mol. The summed E-state index contributed by atoms with van der Waals surface area (Å²) in [5.41, 5.74) is 1.84. The van der Waals surface area contributed by atoms with Crippen molar-refractivity contribution in [2.24, 2.45) is 5.10 Å². The highest BCUT2D eigenvalue weighted by atomic mass is 79.9. The van der Waals surface area contributed by atoms with Gasteiger partial charge in [0.05, 0.1) is 17.1 Å². The Kier molecular flexibility index (Phi) is 7.54. The fourth-order valence-electron chi connectivity index (χ4n) is 4.27. The summed E-state index contributed by atoms with van der Waals surface area (Å²) in [6.07, 6.45) is 5.81. The third-order valence-corrected chi connectivity index (χ3v) is 6.77. The Morgan fingerprint density at radius 3 is 2.66 bits per heavy atom. The van der Waals surface area contributed by atoms with Crippen molar-refractivity contribution < 1.29 is 14.6 Å². The van der Waals surface area contributed by atoms with Crippen molar-refractivity contribution in [1.29, 1.82) is 0 Å². The van der Waals surface area contributed by atoms with E-state index < -0.39 is 12.1 Å². The maximum atomic E-state index is 13.5. The van der Waals surface area contributed by atoms with E-state index in [0.717, 1.165) is 35.8 Å². The Bertz CT molecular complexity index is 1330. The van der Waals surface area contributed by atoms with E-state index in [9.17, 15) is 14.7 Å². The summed E-state index contributed by atoms with van der Waals surface area (Å²) >= 11 is 3.44. The summed E-state index contributed by atoms with van der Waals surface area (Å²) in [6, 6.07) is 10.9. The van der Waals surface area contributed by atoms with E-state index in [0.29, 0.717) is 28.0 Å². The van der Waals surface area contributed by atoms with Crippen LogP contribution >= 0.6 is 15.9 Å². The molecule has 1 atom stereocenters. The molecular formula is C26H29BrN4O4. The first-order valence-corrected chi connectivity index (χ1v) is 12.5. The van der Waals surface area contributed by atoms with Crippen LogP contribution in [0.4, 0.5) is 5.69 Å². The van der Waals surface area contributed by atoms with Crippen molar-refractivity contribution in [3.8, 4) is 5.75 Å². The molecule has 1 aliphatic rings. The van der Waals surface area contributed by atoms with Gasteiger partial charge in [0.1, 0.15) is 11.6 Å². The number of carboxylic acid groups (broad SMARTS) is 1. The monoisotopic (exact) mass is 540 g/mol. The zero-order valence-corrected chi connectivity index (χ0v) is 21.7. The van der Waals surface area contributed by atoms with Crippen LogP contribution in [0.25, 0.3) is 10.9 Å². The van der Waals surface area contributed by atoms with Crippen LogP contribution in [0.1, 0.15) is 56.3 Å². The lowest BCUT2D eigenvalue weighted by atomic mass is 9.88. The van der Waals surface area contributed by atoms with Gasteiger partial charge in [0.2, 0.25) is 0 Å². The van der Waals surface area contributed by atoms with Crippen molar-refractivity contribution in [3.63, 3.8) is 0 Å². The van der Waals surface area contributed by atoms with Crippen LogP contribution in [0.15, 0.2) is 50.8 Å². The van der Waals surface area contributed by atoms with Crippen LogP contribution in [-0.4, -0.2) is 47.1 Å². The van der Waals surface area contributed by atoms with Crippen LogP contribution < -0.4 is 15.2 Å². The number of aromatic nitrogens is 2. The van der Waals surface area contributed by atoms with Gasteiger partial charge in [-0.05, 0) is 50.1 Å². The average Bonchev–Trinajstić information content (AvgIpc) is 2.84. The highest BCUT2D eigenvalue weighted by molar-refractivity contribution is 9.10. The van der Waals surface area contributed by atoms with E-state index in [-0.39, 0.29) is 11.5 Å². The normalized spacial score (nSPS) is 15.4. The number of benzene rings is 2.